The molecule has 1 saturated carbocycles. The van der Waals surface area contributed by atoms with Crippen molar-refractivity contribution in [2.45, 2.75) is 51.0 Å². The van der Waals surface area contributed by atoms with Crippen LogP contribution in [0.1, 0.15) is 44.1 Å². The van der Waals surface area contributed by atoms with Gasteiger partial charge in [0, 0.05) is 12.6 Å². The van der Waals surface area contributed by atoms with Gasteiger partial charge in [-0.3, -0.25) is 0 Å². The third-order valence-corrected chi connectivity index (χ3v) is 5.03. The molecule has 6 heteroatoms. The molecule has 0 amide bonds. The Kier molecular flexibility index (Phi) is 6.14. The molecule has 0 spiro atoms. The number of benzene rings is 1. The monoisotopic (exact) mass is 314 g/mol. The van der Waals surface area contributed by atoms with Crippen molar-refractivity contribution in [3.63, 3.8) is 0 Å². The van der Waals surface area contributed by atoms with Crippen LogP contribution in [-0.4, -0.2) is 21.0 Å². The Hall–Kier alpha value is -0.980. The van der Waals surface area contributed by atoms with Gasteiger partial charge in [0.2, 0.25) is 0 Å². The highest BCUT2D eigenvalue weighted by molar-refractivity contribution is 7.87. The van der Waals surface area contributed by atoms with Crippen molar-refractivity contribution in [1.29, 1.82) is 0 Å². The van der Waals surface area contributed by atoms with Crippen molar-refractivity contribution in [3.8, 4) is 0 Å². The molecule has 1 fully saturated rings. The van der Waals surface area contributed by atoms with Crippen LogP contribution in [0.4, 0.5) is 4.39 Å². The molecular formula is C15H23FN2O2S. The standard InChI is InChI=1S/C15H23FN2O2S/c16-15-11-4-1-7-13(15)8-5-6-12-17-21(19,20)18-14-9-2-3-10-14/h1,4,7,11,14,17-18H,2-3,5-6,8-10,12H2. The Bertz CT molecular complexity index is 542. The molecule has 1 aromatic carbocycles. The molecule has 0 heterocycles. The Morgan fingerprint density at radius 2 is 1.86 bits per heavy atom. The quantitative estimate of drug-likeness (QED) is 0.724. The molecule has 2 rings (SSSR count). The lowest BCUT2D eigenvalue weighted by atomic mass is 10.1. The number of hydrogen-bond acceptors (Lipinski definition) is 2. The van der Waals surface area contributed by atoms with Crippen molar-refractivity contribution >= 4 is 10.2 Å². The molecule has 2 N–H and O–H groups in total. The maximum absolute atomic E-state index is 13.4. The van der Waals surface area contributed by atoms with Crippen molar-refractivity contribution in [2.75, 3.05) is 6.54 Å². The molecule has 0 saturated heterocycles. The van der Waals surface area contributed by atoms with E-state index >= 15 is 0 Å². The van der Waals surface area contributed by atoms with Crippen LogP contribution in [0.15, 0.2) is 24.3 Å². The predicted molar refractivity (Wildman–Crippen MR) is 81.7 cm³/mol. The van der Waals surface area contributed by atoms with Gasteiger partial charge in [-0.2, -0.15) is 13.1 Å². The van der Waals surface area contributed by atoms with Gasteiger partial charge in [0.1, 0.15) is 5.82 Å². The molecule has 0 radical (unpaired) electrons. The summed E-state index contributed by atoms with van der Waals surface area (Å²) in [4.78, 5) is 0. The summed E-state index contributed by atoms with van der Waals surface area (Å²) in [5.41, 5.74) is 0.685. The van der Waals surface area contributed by atoms with Crippen LogP contribution in [-0.2, 0) is 16.6 Å². The van der Waals surface area contributed by atoms with Crippen molar-refractivity contribution in [1.82, 2.24) is 9.44 Å². The van der Waals surface area contributed by atoms with Gasteiger partial charge in [-0.1, -0.05) is 31.0 Å². The van der Waals surface area contributed by atoms with E-state index < -0.39 is 10.2 Å². The highest BCUT2D eigenvalue weighted by Crippen LogP contribution is 2.18. The van der Waals surface area contributed by atoms with Crippen LogP contribution >= 0.6 is 0 Å². The topological polar surface area (TPSA) is 58.2 Å². The van der Waals surface area contributed by atoms with Gasteiger partial charge in [-0.05, 0) is 43.7 Å². The van der Waals surface area contributed by atoms with E-state index in [-0.39, 0.29) is 11.9 Å². The minimum Gasteiger partial charge on any atom is -0.207 e. The Morgan fingerprint density at radius 1 is 1.14 bits per heavy atom. The molecular weight excluding hydrogens is 291 g/mol. The van der Waals surface area contributed by atoms with E-state index in [0.29, 0.717) is 24.9 Å². The third-order valence-electron chi connectivity index (χ3n) is 3.80. The Morgan fingerprint density at radius 3 is 2.57 bits per heavy atom. The normalized spacial score (nSPS) is 16.4. The predicted octanol–water partition coefficient (Wildman–Crippen LogP) is 2.52. The second-order valence-electron chi connectivity index (χ2n) is 5.55. The van der Waals surface area contributed by atoms with E-state index in [1.165, 1.54) is 6.07 Å². The van der Waals surface area contributed by atoms with Crippen LogP contribution < -0.4 is 9.44 Å². The molecule has 0 aliphatic heterocycles. The zero-order valence-corrected chi connectivity index (χ0v) is 13.0. The zero-order chi connectivity index (χ0) is 15.1. The molecule has 0 aromatic heterocycles. The van der Waals surface area contributed by atoms with Gasteiger partial charge in [0.05, 0.1) is 0 Å². The summed E-state index contributed by atoms with van der Waals surface area (Å²) < 4.78 is 42.2. The molecule has 4 nitrogen and oxygen atoms in total. The fourth-order valence-electron chi connectivity index (χ4n) is 2.65. The molecule has 1 aliphatic carbocycles. The highest BCUT2D eigenvalue weighted by Gasteiger charge is 2.20. The van der Waals surface area contributed by atoms with Crippen molar-refractivity contribution in [3.05, 3.63) is 35.6 Å². The molecule has 0 bridgehead atoms. The second-order valence-corrected chi connectivity index (χ2v) is 7.08. The van der Waals surface area contributed by atoms with E-state index in [9.17, 15) is 12.8 Å². The first-order valence-electron chi connectivity index (χ1n) is 7.57. The van der Waals surface area contributed by atoms with E-state index in [0.717, 1.165) is 32.1 Å². The summed E-state index contributed by atoms with van der Waals surface area (Å²) in [5, 5.41) is 0. The fraction of sp³-hybridized carbons (Fsp3) is 0.600. The van der Waals surface area contributed by atoms with E-state index in [2.05, 4.69) is 9.44 Å². The van der Waals surface area contributed by atoms with Gasteiger partial charge in [0.15, 0.2) is 0 Å². The summed E-state index contributed by atoms with van der Waals surface area (Å²) in [6.07, 6.45) is 6.12. The average Bonchev–Trinajstić information content (AvgIpc) is 2.92. The molecule has 1 aromatic rings. The minimum absolute atomic E-state index is 0.0842. The van der Waals surface area contributed by atoms with Crippen LogP contribution in [0, 0.1) is 5.82 Å². The van der Waals surface area contributed by atoms with Gasteiger partial charge in [0.25, 0.3) is 10.2 Å². The first kappa shape index (κ1) is 16.4. The van der Waals surface area contributed by atoms with Crippen LogP contribution in [0.25, 0.3) is 0 Å². The minimum atomic E-state index is -3.39. The van der Waals surface area contributed by atoms with Crippen LogP contribution in [0.3, 0.4) is 0 Å². The molecule has 21 heavy (non-hydrogen) atoms. The van der Waals surface area contributed by atoms with E-state index in [1.807, 2.05) is 6.07 Å². The maximum Gasteiger partial charge on any atom is 0.277 e. The van der Waals surface area contributed by atoms with Gasteiger partial charge in [-0.15, -0.1) is 0 Å². The lowest BCUT2D eigenvalue weighted by Crippen LogP contribution is -2.41. The molecule has 0 unspecified atom stereocenters. The van der Waals surface area contributed by atoms with Crippen LogP contribution in [0.2, 0.25) is 0 Å². The van der Waals surface area contributed by atoms with E-state index in [4.69, 9.17) is 0 Å². The summed E-state index contributed by atoms with van der Waals surface area (Å²) >= 11 is 0. The van der Waals surface area contributed by atoms with Gasteiger partial charge >= 0.3 is 0 Å². The molecule has 0 atom stereocenters. The number of halogens is 1. The van der Waals surface area contributed by atoms with Crippen LogP contribution in [0.5, 0.6) is 0 Å². The number of unbranched alkanes of at least 4 members (excludes halogenated alkanes) is 1. The first-order chi connectivity index (χ1) is 10.1. The fourth-order valence-corrected chi connectivity index (χ4v) is 3.82. The lowest BCUT2D eigenvalue weighted by Gasteiger charge is -2.13. The summed E-state index contributed by atoms with van der Waals surface area (Å²) in [5.74, 6) is -0.194. The number of aryl methyl sites for hydroxylation is 1. The average molecular weight is 314 g/mol. The van der Waals surface area contributed by atoms with Gasteiger partial charge in [-0.25, -0.2) is 9.11 Å². The molecule has 1 aliphatic rings. The lowest BCUT2D eigenvalue weighted by molar-refractivity contribution is 0.535. The number of nitrogens with one attached hydrogen (secondary N) is 2. The van der Waals surface area contributed by atoms with Crippen molar-refractivity contribution < 1.29 is 12.8 Å². The first-order valence-corrected chi connectivity index (χ1v) is 9.05. The zero-order valence-electron chi connectivity index (χ0n) is 12.1. The second kappa shape index (κ2) is 7.87. The SMILES string of the molecule is O=S(=O)(NCCCCc1ccccc1F)NC1CCCC1. The highest BCUT2D eigenvalue weighted by atomic mass is 32.2. The number of rotatable bonds is 8. The summed E-state index contributed by atoms with van der Waals surface area (Å²) in [6.45, 7) is 0.385. The Labute approximate surface area is 126 Å². The number of hydrogen-bond donors (Lipinski definition) is 2. The van der Waals surface area contributed by atoms with E-state index in [1.54, 1.807) is 12.1 Å². The maximum atomic E-state index is 13.4. The third kappa shape index (κ3) is 5.73. The summed E-state index contributed by atoms with van der Waals surface area (Å²) in [7, 11) is -3.39. The largest absolute Gasteiger partial charge is 0.277 e. The summed E-state index contributed by atoms with van der Waals surface area (Å²) in [6, 6.07) is 6.78. The van der Waals surface area contributed by atoms with Gasteiger partial charge < -0.3 is 0 Å². The van der Waals surface area contributed by atoms with Crippen molar-refractivity contribution in [2.24, 2.45) is 0 Å². The molecule has 118 valence electrons. The smallest absolute Gasteiger partial charge is 0.207 e. The Balaban J connectivity index is 1.64.